The van der Waals surface area contributed by atoms with Gasteiger partial charge < -0.3 is 5.32 Å². The molecule has 0 aliphatic rings. The molecule has 1 aromatic carbocycles. The van der Waals surface area contributed by atoms with Crippen LogP contribution in [0.2, 0.25) is 0 Å². The van der Waals surface area contributed by atoms with E-state index in [4.69, 9.17) is 11.6 Å². The summed E-state index contributed by atoms with van der Waals surface area (Å²) in [6, 6.07) is 8.17. The van der Waals surface area contributed by atoms with Crippen LogP contribution in [0.1, 0.15) is 27.2 Å². The number of nitrogens with zero attached hydrogens (tertiary/aromatic N) is 1. The number of fused-ring (bicyclic) bond motifs is 1. The molecule has 4 heteroatoms. The Morgan fingerprint density at radius 3 is 2.72 bits per heavy atom. The summed E-state index contributed by atoms with van der Waals surface area (Å²) in [5.41, 5.74) is 1.31. The molecule has 1 atom stereocenters. The summed E-state index contributed by atoms with van der Waals surface area (Å²) in [5.74, 6) is 0. The number of halogens is 1. The molecule has 2 aromatic rings. The normalized spacial score (nSPS) is 13.8. The first-order valence-corrected chi connectivity index (χ1v) is 7.43. The quantitative estimate of drug-likeness (QED) is 0.819. The van der Waals surface area contributed by atoms with Gasteiger partial charge in [-0.15, -0.1) is 11.6 Å². The largest absolute Gasteiger partial charge is 0.360 e. The molecule has 0 spiro atoms. The maximum absolute atomic E-state index is 6.33. The van der Waals surface area contributed by atoms with E-state index in [0.29, 0.717) is 0 Å². The van der Waals surface area contributed by atoms with Crippen molar-refractivity contribution in [3.63, 3.8) is 0 Å². The van der Waals surface area contributed by atoms with E-state index in [1.807, 2.05) is 18.2 Å². The third-order valence-corrected chi connectivity index (χ3v) is 3.91. The van der Waals surface area contributed by atoms with E-state index in [9.17, 15) is 0 Å². The monoisotopic (exact) mass is 282 g/mol. The number of alkyl halides is 1. The molecule has 0 amide bonds. The Kier molecular flexibility index (Phi) is 4.13. The predicted molar refractivity (Wildman–Crippen MR) is 81.8 cm³/mol. The average molecular weight is 283 g/mol. The van der Waals surface area contributed by atoms with Crippen molar-refractivity contribution in [1.82, 2.24) is 4.98 Å². The van der Waals surface area contributed by atoms with Crippen molar-refractivity contribution in [2.75, 3.05) is 11.9 Å². The molecule has 0 fully saturated rings. The Bertz CT molecular complexity index is 483. The van der Waals surface area contributed by atoms with Gasteiger partial charge in [0.1, 0.15) is 0 Å². The lowest BCUT2D eigenvalue weighted by molar-refractivity contribution is 0.373. The summed E-state index contributed by atoms with van der Waals surface area (Å²) < 4.78 is 1.21. The molecule has 0 bridgehead atoms. The van der Waals surface area contributed by atoms with Crippen LogP contribution in [0.4, 0.5) is 5.13 Å². The first kappa shape index (κ1) is 13.6. The highest BCUT2D eigenvalue weighted by Crippen LogP contribution is 2.27. The van der Waals surface area contributed by atoms with Gasteiger partial charge in [-0.25, -0.2) is 4.98 Å². The average Bonchev–Trinajstić information content (AvgIpc) is 2.66. The molecule has 1 N–H and O–H groups in total. The third kappa shape index (κ3) is 3.85. The van der Waals surface area contributed by atoms with E-state index < -0.39 is 0 Å². The Balaban J connectivity index is 1.94. The molecule has 1 heterocycles. The third-order valence-electron chi connectivity index (χ3n) is 2.60. The molecule has 1 aromatic heterocycles. The Morgan fingerprint density at radius 2 is 2.06 bits per heavy atom. The zero-order chi connectivity index (χ0) is 13.2. The number of hydrogen-bond donors (Lipinski definition) is 1. The zero-order valence-corrected chi connectivity index (χ0v) is 12.6. The van der Waals surface area contributed by atoms with Gasteiger partial charge in [0.2, 0.25) is 0 Å². The van der Waals surface area contributed by atoms with Gasteiger partial charge in [-0.2, -0.15) is 0 Å². The van der Waals surface area contributed by atoms with Crippen LogP contribution in [-0.4, -0.2) is 16.9 Å². The minimum absolute atomic E-state index is 0.136. The van der Waals surface area contributed by atoms with Crippen LogP contribution in [0.25, 0.3) is 10.2 Å². The number of rotatable bonds is 4. The van der Waals surface area contributed by atoms with Crippen molar-refractivity contribution < 1.29 is 0 Å². The van der Waals surface area contributed by atoms with Crippen LogP contribution in [0.3, 0.4) is 0 Å². The van der Waals surface area contributed by atoms with Crippen molar-refractivity contribution in [1.29, 1.82) is 0 Å². The molecule has 0 saturated heterocycles. The fraction of sp³-hybridized carbons (Fsp3) is 0.500. The number of hydrogen-bond acceptors (Lipinski definition) is 3. The molecule has 2 nitrogen and oxygen atoms in total. The lowest BCUT2D eigenvalue weighted by Gasteiger charge is -2.21. The van der Waals surface area contributed by atoms with Gasteiger partial charge >= 0.3 is 0 Å². The second kappa shape index (κ2) is 5.45. The molecule has 0 aliphatic heterocycles. The fourth-order valence-electron chi connectivity index (χ4n) is 1.88. The molecular weight excluding hydrogens is 264 g/mol. The van der Waals surface area contributed by atoms with Gasteiger partial charge in [-0.05, 0) is 24.0 Å². The van der Waals surface area contributed by atoms with Crippen molar-refractivity contribution in [2.24, 2.45) is 5.41 Å². The Morgan fingerprint density at radius 1 is 1.33 bits per heavy atom. The van der Waals surface area contributed by atoms with Gasteiger partial charge in [0, 0.05) is 6.54 Å². The van der Waals surface area contributed by atoms with Crippen LogP contribution in [0.5, 0.6) is 0 Å². The fourth-order valence-corrected chi connectivity index (χ4v) is 3.30. The van der Waals surface area contributed by atoms with E-state index in [-0.39, 0.29) is 10.8 Å². The number of nitrogens with one attached hydrogen (secondary N) is 1. The van der Waals surface area contributed by atoms with Crippen molar-refractivity contribution in [3.8, 4) is 0 Å². The molecule has 0 radical (unpaired) electrons. The number of benzene rings is 1. The lowest BCUT2D eigenvalue weighted by Crippen LogP contribution is -2.20. The highest BCUT2D eigenvalue weighted by Gasteiger charge is 2.16. The second-order valence-electron chi connectivity index (χ2n) is 5.73. The highest BCUT2D eigenvalue weighted by molar-refractivity contribution is 7.22. The summed E-state index contributed by atoms with van der Waals surface area (Å²) in [6.45, 7) is 7.39. The number of thiazole rings is 1. The summed E-state index contributed by atoms with van der Waals surface area (Å²) in [6.07, 6.45) is 0.993. The Labute approximate surface area is 117 Å². The van der Waals surface area contributed by atoms with E-state index in [0.717, 1.165) is 23.6 Å². The maximum atomic E-state index is 6.33. The van der Waals surface area contributed by atoms with Crippen LogP contribution < -0.4 is 5.32 Å². The topological polar surface area (TPSA) is 24.9 Å². The van der Waals surface area contributed by atoms with Crippen LogP contribution in [0.15, 0.2) is 24.3 Å². The van der Waals surface area contributed by atoms with E-state index in [2.05, 4.69) is 37.1 Å². The maximum Gasteiger partial charge on any atom is 0.183 e. The van der Waals surface area contributed by atoms with Gasteiger partial charge in [0.15, 0.2) is 5.13 Å². The summed E-state index contributed by atoms with van der Waals surface area (Å²) in [4.78, 5) is 4.53. The van der Waals surface area contributed by atoms with Crippen molar-refractivity contribution in [3.05, 3.63) is 24.3 Å². The zero-order valence-electron chi connectivity index (χ0n) is 11.0. The first-order chi connectivity index (χ1) is 8.44. The molecule has 2 rings (SSSR count). The highest BCUT2D eigenvalue weighted by atomic mass is 35.5. The SMILES string of the molecule is CC(C)(C)CC(Cl)CNc1nc2ccccc2s1. The summed E-state index contributed by atoms with van der Waals surface area (Å²) in [5, 5.41) is 4.42. The van der Waals surface area contributed by atoms with Gasteiger partial charge in [-0.3, -0.25) is 0 Å². The Hall–Kier alpha value is -0.800. The van der Waals surface area contributed by atoms with E-state index in [1.165, 1.54) is 4.70 Å². The number of para-hydroxylation sites is 1. The van der Waals surface area contributed by atoms with Crippen molar-refractivity contribution in [2.45, 2.75) is 32.6 Å². The van der Waals surface area contributed by atoms with Crippen molar-refractivity contribution >= 4 is 38.3 Å². The smallest absolute Gasteiger partial charge is 0.183 e. The van der Waals surface area contributed by atoms with Crippen LogP contribution >= 0.6 is 22.9 Å². The van der Waals surface area contributed by atoms with Crippen LogP contribution in [0, 0.1) is 5.41 Å². The molecule has 18 heavy (non-hydrogen) atoms. The van der Waals surface area contributed by atoms with E-state index >= 15 is 0 Å². The summed E-state index contributed by atoms with van der Waals surface area (Å²) >= 11 is 8.00. The number of aromatic nitrogens is 1. The van der Waals surface area contributed by atoms with E-state index in [1.54, 1.807) is 11.3 Å². The second-order valence-corrected chi connectivity index (χ2v) is 7.38. The molecular formula is C14H19ClN2S. The molecule has 98 valence electrons. The standard InChI is InChI=1S/C14H19ClN2S/c1-14(2,3)8-10(15)9-16-13-17-11-6-4-5-7-12(11)18-13/h4-7,10H,8-9H2,1-3H3,(H,16,17). The first-order valence-electron chi connectivity index (χ1n) is 6.17. The van der Waals surface area contributed by atoms with Gasteiger partial charge in [0.05, 0.1) is 15.6 Å². The molecule has 0 aliphatic carbocycles. The van der Waals surface area contributed by atoms with Gasteiger partial charge in [-0.1, -0.05) is 44.2 Å². The van der Waals surface area contributed by atoms with Gasteiger partial charge in [0.25, 0.3) is 0 Å². The lowest BCUT2D eigenvalue weighted by atomic mass is 9.90. The predicted octanol–water partition coefficient (Wildman–Crippen LogP) is 4.75. The molecule has 0 saturated carbocycles. The summed E-state index contributed by atoms with van der Waals surface area (Å²) in [7, 11) is 0. The number of anilines is 1. The molecule has 1 unspecified atom stereocenters. The minimum Gasteiger partial charge on any atom is -0.360 e. The van der Waals surface area contributed by atoms with Crippen LogP contribution in [-0.2, 0) is 0 Å². The minimum atomic E-state index is 0.136.